The molecule has 24 heavy (non-hydrogen) atoms. The lowest BCUT2D eigenvalue weighted by Crippen LogP contribution is -2.60. The fourth-order valence-corrected chi connectivity index (χ4v) is 4.36. The van der Waals surface area contributed by atoms with Crippen molar-refractivity contribution in [3.63, 3.8) is 0 Å². The van der Waals surface area contributed by atoms with Gasteiger partial charge >= 0.3 is 0 Å². The Kier molecular flexibility index (Phi) is 5.52. The maximum Gasteiger partial charge on any atom is 0.119 e. The van der Waals surface area contributed by atoms with E-state index in [0.717, 1.165) is 31.0 Å². The van der Waals surface area contributed by atoms with Gasteiger partial charge in [-0.25, -0.2) is 0 Å². The Hall–Kier alpha value is -0.650. The van der Waals surface area contributed by atoms with E-state index in [1.165, 1.54) is 12.0 Å². The van der Waals surface area contributed by atoms with Crippen LogP contribution >= 0.6 is 11.6 Å². The fourth-order valence-electron chi connectivity index (χ4n) is 4.24. The Morgan fingerprint density at radius 3 is 2.42 bits per heavy atom. The lowest BCUT2D eigenvalue weighted by molar-refractivity contribution is -0.154. The summed E-state index contributed by atoms with van der Waals surface area (Å²) in [4.78, 5) is 2.14. The van der Waals surface area contributed by atoms with Gasteiger partial charge in [-0.05, 0) is 37.0 Å². The van der Waals surface area contributed by atoms with Crippen LogP contribution in [0.3, 0.4) is 0 Å². The normalized spacial score (nSPS) is 24.8. The molecule has 1 aliphatic heterocycles. The second kappa shape index (κ2) is 7.30. The first-order valence-electron chi connectivity index (χ1n) is 9.07. The van der Waals surface area contributed by atoms with Gasteiger partial charge in [0, 0.05) is 36.0 Å². The van der Waals surface area contributed by atoms with Crippen LogP contribution in [0.4, 0.5) is 0 Å². The number of ether oxygens (including phenoxy) is 1. The molecule has 1 aromatic rings. The Balaban J connectivity index is 1.78. The lowest BCUT2D eigenvalue weighted by atomic mass is 9.59. The average Bonchev–Trinajstić information content (AvgIpc) is 2.56. The van der Waals surface area contributed by atoms with Gasteiger partial charge in [-0.3, -0.25) is 4.90 Å². The maximum atomic E-state index is 11.3. The summed E-state index contributed by atoms with van der Waals surface area (Å²) in [6.07, 6.45) is 4.62. The predicted octanol–water partition coefficient (Wildman–Crippen LogP) is 2.91. The molecule has 2 aliphatic rings. The van der Waals surface area contributed by atoms with Crippen LogP contribution in [0, 0.1) is 0 Å². The van der Waals surface area contributed by atoms with Gasteiger partial charge in [0.25, 0.3) is 0 Å². The van der Waals surface area contributed by atoms with E-state index in [1.54, 1.807) is 0 Å². The Morgan fingerprint density at radius 1 is 1.29 bits per heavy atom. The number of hydrogen-bond acceptors (Lipinski definition) is 4. The van der Waals surface area contributed by atoms with Crippen LogP contribution in [0.25, 0.3) is 0 Å². The summed E-state index contributed by atoms with van der Waals surface area (Å²) in [5.41, 5.74) is 7.08. The fraction of sp³-hybridized carbons (Fsp3) is 0.684. The van der Waals surface area contributed by atoms with Crippen molar-refractivity contribution in [1.82, 2.24) is 4.90 Å². The van der Waals surface area contributed by atoms with Crippen LogP contribution in [0.2, 0.25) is 5.02 Å². The van der Waals surface area contributed by atoms with Crippen LogP contribution in [0.1, 0.15) is 44.6 Å². The minimum Gasteiger partial charge on any atom is -0.379 e. The number of hydrogen-bond donors (Lipinski definition) is 2. The summed E-state index contributed by atoms with van der Waals surface area (Å²) in [6, 6.07) is 8.01. The largest absolute Gasteiger partial charge is 0.379 e. The van der Waals surface area contributed by atoms with E-state index in [9.17, 15) is 5.11 Å². The number of nitrogens with two attached hydrogens (primary N) is 1. The molecule has 1 heterocycles. The van der Waals surface area contributed by atoms with E-state index in [4.69, 9.17) is 22.1 Å². The minimum absolute atomic E-state index is 0.0278. The van der Waals surface area contributed by atoms with Gasteiger partial charge in [0.15, 0.2) is 0 Å². The molecule has 5 heteroatoms. The van der Waals surface area contributed by atoms with E-state index in [-0.39, 0.29) is 11.5 Å². The van der Waals surface area contributed by atoms with Crippen molar-refractivity contribution in [1.29, 1.82) is 0 Å². The van der Waals surface area contributed by atoms with E-state index in [1.807, 2.05) is 19.1 Å². The summed E-state index contributed by atoms with van der Waals surface area (Å²) < 4.78 is 5.43. The first-order chi connectivity index (χ1) is 11.5. The van der Waals surface area contributed by atoms with Gasteiger partial charge in [0.1, 0.15) is 5.72 Å². The zero-order valence-corrected chi connectivity index (χ0v) is 15.3. The Morgan fingerprint density at radius 2 is 1.92 bits per heavy atom. The molecule has 1 aromatic carbocycles. The highest BCUT2D eigenvalue weighted by Gasteiger charge is 2.47. The second-order valence-corrected chi connectivity index (χ2v) is 7.70. The van der Waals surface area contributed by atoms with E-state index >= 15 is 0 Å². The SMILES string of the molecule is CCC(O)(CC(N)C1(c2ccc(Cl)cc2)CCC1)N1CCOCC1. The zero-order valence-electron chi connectivity index (χ0n) is 14.5. The van der Waals surface area contributed by atoms with Crippen LogP contribution in [-0.4, -0.2) is 48.1 Å². The molecule has 1 aliphatic carbocycles. The van der Waals surface area contributed by atoms with Crippen molar-refractivity contribution in [2.75, 3.05) is 26.3 Å². The van der Waals surface area contributed by atoms with Crippen molar-refractivity contribution >= 4 is 11.6 Å². The van der Waals surface area contributed by atoms with Crippen LogP contribution in [-0.2, 0) is 10.2 Å². The van der Waals surface area contributed by atoms with Crippen molar-refractivity contribution in [2.45, 2.75) is 56.2 Å². The van der Waals surface area contributed by atoms with Gasteiger partial charge < -0.3 is 15.6 Å². The molecule has 0 radical (unpaired) electrons. The smallest absolute Gasteiger partial charge is 0.119 e. The molecule has 134 valence electrons. The molecule has 2 atom stereocenters. The molecular formula is C19H29ClN2O2. The highest BCUT2D eigenvalue weighted by Crippen LogP contribution is 2.48. The topological polar surface area (TPSA) is 58.7 Å². The summed E-state index contributed by atoms with van der Waals surface area (Å²) >= 11 is 6.04. The number of aliphatic hydroxyl groups is 1. The molecule has 3 N–H and O–H groups in total. The van der Waals surface area contributed by atoms with E-state index < -0.39 is 5.72 Å². The number of halogens is 1. The summed E-state index contributed by atoms with van der Waals surface area (Å²) in [5, 5.41) is 12.0. The zero-order chi connectivity index (χ0) is 17.2. The third kappa shape index (κ3) is 3.35. The van der Waals surface area contributed by atoms with Crippen molar-refractivity contribution in [3.8, 4) is 0 Å². The quantitative estimate of drug-likeness (QED) is 0.826. The summed E-state index contributed by atoms with van der Waals surface area (Å²) in [6.45, 7) is 4.94. The standard InChI is InChI=1S/C19H29ClN2O2/c1-2-19(23,22-10-12-24-13-11-22)14-17(21)18(8-3-9-18)15-4-6-16(20)7-5-15/h4-7,17,23H,2-3,8-14,21H2,1H3. The van der Waals surface area contributed by atoms with Gasteiger partial charge in [0.05, 0.1) is 13.2 Å². The highest BCUT2D eigenvalue weighted by molar-refractivity contribution is 6.30. The molecular weight excluding hydrogens is 324 g/mol. The molecule has 0 aromatic heterocycles. The monoisotopic (exact) mass is 352 g/mol. The van der Waals surface area contributed by atoms with Gasteiger partial charge in [0.2, 0.25) is 0 Å². The van der Waals surface area contributed by atoms with Crippen molar-refractivity contribution in [2.24, 2.45) is 5.73 Å². The number of morpholine rings is 1. The molecule has 2 fully saturated rings. The molecule has 2 unspecified atom stereocenters. The Labute approximate surface area is 149 Å². The van der Waals surface area contributed by atoms with Gasteiger partial charge in [-0.2, -0.15) is 0 Å². The van der Waals surface area contributed by atoms with Gasteiger partial charge in [-0.15, -0.1) is 0 Å². The van der Waals surface area contributed by atoms with Crippen LogP contribution in [0.15, 0.2) is 24.3 Å². The van der Waals surface area contributed by atoms with Crippen LogP contribution in [0.5, 0.6) is 0 Å². The highest BCUT2D eigenvalue weighted by atomic mass is 35.5. The molecule has 0 bridgehead atoms. The molecule has 1 saturated carbocycles. The van der Waals surface area contributed by atoms with E-state index in [0.29, 0.717) is 26.1 Å². The van der Waals surface area contributed by atoms with Crippen molar-refractivity contribution in [3.05, 3.63) is 34.9 Å². The lowest BCUT2D eigenvalue weighted by Gasteiger charge is -2.51. The third-order valence-electron chi connectivity index (χ3n) is 6.09. The molecule has 3 rings (SSSR count). The van der Waals surface area contributed by atoms with Crippen molar-refractivity contribution < 1.29 is 9.84 Å². The molecule has 4 nitrogen and oxygen atoms in total. The molecule has 0 spiro atoms. The molecule has 0 amide bonds. The first-order valence-corrected chi connectivity index (χ1v) is 9.45. The van der Waals surface area contributed by atoms with Crippen LogP contribution < -0.4 is 5.73 Å². The maximum absolute atomic E-state index is 11.3. The second-order valence-electron chi connectivity index (χ2n) is 7.26. The first kappa shape index (κ1) is 18.2. The minimum atomic E-state index is -0.849. The Bertz CT molecular complexity index is 541. The summed E-state index contributed by atoms with van der Waals surface area (Å²) in [7, 11) is 0. The van der Waals surface area contributed by atoms with Gasteiger partial charge in [-0.1, -0.05) is 37.1 Å². The third-order valence-corrected chi connectivity index (χ3v) is 6.34. The van der Waals surface area contributed by atoms with E-state index in [2.05, 4.69) is 17.0 Å². The predicted molar refractivity (Wildman–Crippen MR) is 97.2 cm³/mol. The molecule has 1 saturated heterocycles. The summed E-state index contributed by atoms with van der Waals surface area (Å²) in [5.74, 6) is 0. The number of benzene rings is 1. The number of rotatable bonds is 6. The average molecular weight is 353 g/mol. The number of nitrogens with zero attached hydrogens (tertiary/aromatic N) is 1.